The van der Waals surface area contributed by atoms with Crippen molar-refractivity contribution in [3.8, 4) is 0 Å². The van der Waals surface area contributed by atoms with Crippen LogP contribution in [-0.4, -0.2) is 15.4 Å². The van der Waals surface area contributed by atoms with Crippen LogP contribution in [0.3, 0.4) is 0 Å². The van der Waals surface area contributed by atoms with Crippen LogP contribution in [0.5, 0.6) is 0 Å². The molecule has 2 nitrogen and oxygen atoms in total. The van der Waals surface area contributed by atoms with Crippen LogP contribution in [0.25, 0.3) is 11.0 Å². The smallest absolute Gasteiger partial charge is 0.111 e. The topological polar surface area (TPSA) is 17.8 Å². The molecule has 3 heteroatoms. The van der Waals surface area contributed by atoms with E-state index < -0.39 is 0 Å². The minimum Gasteiger partial charge on any atom is -0.328 e. The van der Waals surface area contributed by atoms with E-state index in [1.807, 2.05) is 0 Å². The number of aryl methyl sites for hydroxylation is 3. The number of alkyl halides is 1. The standard InChI is InChI=1S/C18H25ClN2/c1-14-8-9-17-16(13-14)20-18(10-11-19)21(17)12-4-7-15-5-2-3-6-15/h8-9,13,15H,2-7,10-12H2,1H3. The van der Waals surface area contributed by atoms with Gasteiger partial charge in [0.15, 0.2) is 0 Å². The highest BCUT2D eigenvalue weighted by Gasteiger charge is 2.15. The first-order chi connectivity index (χ1) is 10.3. The Morgan fingerprint density at radius 2 is 2.10 bits per heavy atom. The molecule has 1 fully saturated rings. The van der Waals surface area contributed by atoms with E-state index in [0.29, 0.717) is 5.88 Å². The van der Waals surface area contributed by atoms with Crippen molar-refractivity contribution >= 4 is 22.6 Å². The van der Waals surface area contributed by atoms with E-state index in [-0.39, 0.29) is 0 Å². The summed E-state index contributed by atoms with van der Waals surface area (Å²) >= 11 is 5.95. The van der Waals surface area contributed by atoms with Crippen molar-refractivity contribution in [1.29, 1.82) is 0 Å². The van der Waals surface area contributed by atoms with Crippen molar-refractivity contribution in [2.75, 3.05) is 5.88 Å². The van der Waals surface area contributed by atoms with Gasteiger partial charge in [-0.25, -0.2) is 4.98 Å². The third-order valence-electron chi connectivity index (χ3n) is 4.77. The molecule has 2 aromatic rings. The molecule has 1 aliphatic carbocycles. The third-order valence-corrected chi connectivity index (χ3v) is 4.96. The number of hydrogen-bond acceptors (Lipinski definition) is 1. The number of benzene rings is 1. The number of fused-ring (bicyclic) bond motifs is 1. The summed E-state index contributed by atoms with van der Waals surface area (Å²) in [6.07, 6.45) is 9.26. The highest BCUT2D eigenvalue weighted by molar-refractivity contribution is 6.17. The zero-order chi connectivity index (χ0) is 14.7. The predicted molar refractivity (Wildman–Crippen MR) is 90.1 cm³/mol. The average molecular weight is 305 g/mol. The van der Waals surface area contributed by atoms with Gasteiger partial charge in [-0.15, -0.1) is 11.6 Å². The maximum atomic E-state index is 5.95. The average Bonchev–Trinajstić information content (AvgIpc) is 3.08. The molecule has 1 heterocycles. The minimum absolute atomic E-state index is 0.644. The van der Waals surface area contributed by atoms with Gasteiger partial charge in [-0.1, -0.05) is 31.7 Å². The fraction of sp³-hybridized carbons (Fsp3) is 0.611. The van der Waals surface area contributed by atoms with Crippen molar-refractivity contribution in [3.63, 3.8) is 0 Å². The van der Waals surface area contributed by atoms with Crippen molar-refractivity contribution in [3.05, 3.63) is 29.6 Å². The summed E-state index contributed by atoms with van der Waals surface area (Å²) < 4.78 is 2.39. The first-order valence-electron chi connectivity index (χ1n) is 8.29. The zero-order valence-corrected chi connectivity index (χ0v) is 13.7. The Morgan fingerprint density at radius 1 is 1.29 bits per heavy atom. The summed E-state index contributed by atoms with van der Waals surface area (Å²) in [6, 6.07) is 6.58. The SMILES string of the molecule is Cc1ccc2c(c1)nc(CCCl)n2CCCC1CCCC1. The number of imidazole rings is 1. The Bertz CT molecular complexity index is 597. The van der Waals surface area contributed by atoms with Crippen LogP contribution in [-0.2, 0) is 13.0 Å². The molecule has 0 atom stereocenters. The molecule has 1 saturated carbocycles. The maximum absolute atomic E-state index is 5.95. The lowest BCUT2D eigenvalue weighted by Gasteiger charge is -2.11. The fourth-order valence-electron chi connectivity index (χ4n) is 3.65. The Kier molecular flexibility index (Phi) is 4.84. The molecule has 0 bridgehead atoms. The molecule has 0 N–H and O–H groups in total. The molecule has 0 aliphatic heterocycles. The first-order valence-corrected chi connectivity index (χ1v) is 8.83. The van der Waals surface area contributed by atoms with Gasteiger partial charge in [-0.05, 0) is 43.4 Å². The number of halogens is 1. The second-order valence-electron chi connectivity index (χ2n) is 6.40. The van der Waals surface area contributed by atoms with Crippen LogP contribution in [0, 0.1) is 12.8 Å². The third kappa shape index (κ3) is 3.42. The quantitative estimate of drug-likeness (QED) is 0.679. The molecule has 21 heavy (non-hydrogen) atoms. The van der Waals surface area contributed by atoms with Crippen LogP contribution in [0.1, 0.15) is 49.9 Å². The van der Waals surface area contributed by atoms with Gasteiger partial charge in [0.25, 0.3) is 0 Å². The summed E-state index contributed by atoms with van der Waals surface area (Å²) in [5.74, 6) is 2.76. The van der Waals surface area contributed by atoms with Gasteiger partial charge in [0.2, 0.25) is 0 Å². The largest absolute Gasteiger partial charge is 0.328 e. The summed E-state index contributed by atoms with van der Waals surface area (Å²) in [5.41, 5.74) is 3.67. The lowest BCUT2D eigenvalue weighted by molar-refractivity contribution is 0.458. The molecule has 1 aromatic carbocycles. The molecule has 1 aromatic heterocycles. The van der Waals surface area contributed by atoms with Crippen LogP contribution in [0.15, 0.2) is 18.2 Å². The molecular weight excluding hydrogens is 280 g/mol. The van der Waals surface area contributed by atoms with Crippen LogP contribution >= 0.6 is 11.6 Å². The van der Waals surface area contributed by atoms with Gasteiger partial charge < -0.3 is 4.57 Å². The summed E-state index contributed by atoms with van der Waals surface area (Å²) in [5, 5.41) is 0. The van der Waals surface area contributed by atoms with Crippen molar-refractivity contribution in [2.45, 2.75) is 58.4 Å². The maximum Gasteiger partial charge on any atom is 0.111 e. The van der Waals surface area contributed by atoms with E-state index in [0.717, 1.165) is 30.2 Å². The number of aromatic nitrogens is 2. The number of hydrogen-bond donors (Lipinski definition) is 0. The second-order valence-corrected chi connectivity index (χ2v) is 6.78. The van der Waals surface area contributed by atoms with E-state index in [9.17, 15) is 0 Å². The predicted octanol–water partition coefficient (Wildman–Crippen LogP) is 5.10. The van der Waals surface area contributed by atoms with Gasteiger partial charge in [-0.2, -0.15) is 0 Å². The van der Waals surface area contributed by atoms with Gasteiger partial charge >= 0.3 is 0 Å². The second kappa shape index (κ2) is 6.83. The van der Waals surface area contributed by atoms with Gasteiger partial charge in [-0.3, -0.25) is 0 Å². The van der Waals surface area contributed by atoms with Crippen LogP contribution in [0.4, 0.5) is 0 Å². The van der Waals surface area contributed by atoms with Crippen molar-refractivity contribution < 1.29 is 0 Å². The Hall–Kier alpha value is -1.02. The Balaban J connectivity index is 1.76. The number of nitrogens with zero attached hydrogens (tertiary/aromatic N) is 2. The Labute approximate surface area is 132 Å². The molecule has 114 valence electrons. The molecule has 0 spiro atoms. The zero-order valence-electron chi connectivity index (χ0n) is 12.9. The lowest BCUT2D eigenvalue weighted by atomic mass is 10.0. The lowest BCUT2D eigenvalue weighted by Crippen LogP contribution is -2.06. The van der Waals surface area contributed by atoms with E-state index in [1.54, 1.807) is 0 Å². The first kappa shape index (κ1) is 14.9. The van der Waals surface area contributed by atoms with Gasteiger partial charge in [0.1, 0.15) is 5.82 Å². The summed E-state index contributed by atoms with van der Waals surface area (Å²) in [4.78, 5) is 4.79. The van der Waals surface area contributed by atoms with E-state index >= 15 is 0 Å². The summed E-state index contributed by atoms with van der Waals surface area (Å²) in [7, 11) is 0. The molecule has 1 aliphatic rings. The van der Waals surface area contributed by atoms with E-state index in [4.69, 9.17) is 16.6 Å². The van der Waals surface area contributed by atoms with Gasteiger partial charge in [0, 0.05) is 18.8 Å². The monoisotopic (exact) mass is 304 g/mol. The molecule has 0 amide bonds. The van der Waals surface area contributed by atoms with Crippen molar-refractivity contribution in [2.24, 2.45) is 5.92 Å². The van der Waals surface area contributed by atoms with Crippen molar-refractivity contribution in [1.82, 2.24) is 9.55 Å². The normalized spacial score (nSPS) is 16.1. The molecule has 0 radical (unpaired) electrons. The highest BCUT2D eigenvalue weighted by atomic mass is 35.5. The van der Waals surface area contributed by atoms with Crippen LogP contribution in [0.2, 0.25) is 0 Å². The molecule has 0 saturated heterocycles. The molecule has 0 unspecified atom stereocenters. The fourth-order valence-corrected chi connectivity index (χ4v) is 3.82. The molecule has 3 rings (SSSR count). The van der Waals surface area contributed by atoms with Gasteiger partial charge in [0.05, 0.1) is 11.0 Å². The minimum atomic E-state index is 0.644. The Morgan fingerprint density at radius 3 is 2.86 bits per heavy atom. The van der Waals surface area contributed by atoms with E-state index in [2.05, 4.69) is 29.7 Å². The van der Waals surface area contributed by atoms with E-state index in [1.165, 1.54) is 49.6 Å². The van der Waals surface area contributed by atoms with Crippen LogP contribution < -0.4 is 0 Å². The summed E-state index contributed by atoms with van der Waals surface area (Å²) in [6.45, 7) is 3.21. The molecular formula is C18H25ClN2. The number of rotatable bonds is 6. The highest BCUT2D eigenvalue weighted by Crippen LogP contribution is 2.29.